The molecule has 4 rings (SSSR count). The molecule has 2 aromatic rings. The predicted molar refractivity (Wildman–Crippen MR) is 143 cm³/mol. The van der Waals surface area contributed by atoms with Crippen LogP contribution in [0.15, 0.2) is 126 Å². The number of hydrogen-bond donors (Lipinski definition) is 0. The van der Waals surface area contributed by atoms with Gasteiger partial charge in [-0.2, -0.15) is 0 Å². The van der Waals surface area contributed by atoms with Crippen molar-refractivity contribution in [1.82, 2.24) is 0 Å². The van der Waals surface area contributed by atoms with Crippen LogP contribution in [-0.2, 0) is 0 Å². The third kappa shape index (κ3) is 5.51. The lowest BCUT2D eigenvalue weighted by molar-refractivity contribution is 0.848. The van der Waals surface area contributed by atoms with Gasteiger partial charge in [-0.05, 0) is 85.6 Å². The molecule has 0 atom stereocenters. The molecule has 0 unspecified atom stereocenters. The zero-order valence-corrected chi connectivity index (χ0v) is 19.1. The van der Waals surface area contributed by atoms with Crippen LogP contribution in [0.5, 0.6) is 0 Å². The molecule has 0 bridgehead atoms. The fraction of sp³-hybridized carbons (Fsp3) is 0.200. The van der Waals surface area contributed by atoms with Crippen molar-refractivity contribution in [1.29, 1.82) is 0 Å². The molecule has 2 aromatic carbocycles. The number of rotatable bonds is 8. The first-order valence-corrected chi connectivity index (χ1v) is 11.7. The normalized spacial score (nSPS) is 16.1. The van der Waals surface area contributed by atoms with Gasteiger partial charge < -0.3 is 4.90 Å². The molecule has 0 saturated carbocycles. The first-order chi connectivity index (χ1) is 15.7. The van der Waals surface area contributed by atoms with Gasteiger partial charge >= 0.3 is 0 Å². The van der Waals surface area contributed by atoms with Gasteiger partial charge in [0.1, 0.15) is 7.85 Å². The van der Waals surface area contributed by atoms with Gasteiger partial charge in [0, 0.05) is 17.1 Å². The zero-order chi connectivity index (χ0) is 22.2. The van der Waals surface area contributed by atoms with Gasteiger partial charge in [-0.25, -0.2) is 0 Å². The van der Waals surface area contributed by atoms with Crippen molar-refractivity contribution in [3.8, 4) is 0 Å². The summed E-state index contributed by atoms with van der Waals surface area (Å²) in [6, 6.07) is 19.5. The summed E-state index contributed by atoms with van der Waals surface area (Å²) in [4.78, 5) is 2.41. The maximum Gasteiger partial charge on any atom is 0.139 e. The maximum atomic E-state index is 3.80. The predicted octanol–water partition coefficient (Wildman–Crippen LogP) is 6.86. The summed E-state index contributed by atoms with van der Waals surface area (Å²) >= 11 is 0. The van der Waals surface area contributed by atoms with E-state index in [1.165, 1.54) is 39.3 Å². The van der Waals surface area contributed by atoms with Crippen molar-refractivity contribution >= 4 is 24.7 Å². The molecular weight excluding hydrogens is 385 g/mol. The van der Waals surface area contributed by atoms with Crippen molar-refractivity contribution in [3.63, 3.8) is 0 Å². The van der Waals surface area contributed by atoms with Crippen LogP contribution >= 0.6 is 0 Å². The van der Waals surface area contributed by atoms with Crippen molar-refractivity contribution in [2.75, 3.05) is 4.90 Å². The second kappa shape index (κ2) is 10.9. The van der Waals surface area contributed by atoms with E-state index < -0.39 is 0 Å². The highest BCUT2D eigenvalue weighted by molar-refractivity contribution is 6.32. The lowest BCUT2D eigenvalue weighted by Gasteiger charge is -2.30. The molecule has 0 spiro atoms. The van der Waals surface area contributed by atoms with Crippen LogP contribution in [0.2, 0.25) is 0 Å². The number of nitrogens with zero attached hydrogens (tertiary/aromatic N) is 1. The van der Waals surface area contributed by atoms with Gasteiger partial charge in [0.15, 0.2) is 0 Å². The molecule has 2 aliphatic rings. The number of unbranched alkanes of at least 4 members (excludes halogenated alkanes) is 1. The topological polar surface area (TPSA) is 3.24 Å². The minimum Gasteiger partial charge on any atom is -0.314 e. The Morgan fingerprint density at radius 3 is 2.47 bits per heavy atom. The van der Waals surface area contributed by atoms with E-state index >= 15 is 0 Å². The first-order valence-electron chi connectivity index (χ1n) is 11.7. The van der Waals surface area contributed by atoms with Crippen LogP contribution in [0.1, 0.15) is 38.5 Å². The fourth-order valence-electron chi connectivity index (χ4n) is 4.43. The van der Waals surface area contributed by atoms with Crippen molar-refractivity contribution in [3.05, 3.63) is 126 Å². The zero-order valence-electron chi connectivity index (χ0n) is 19.1. The van der Waals surface area contributed by atoms with E-state index in [4.69, 9.17) is 0 Å². The van der Waals surface area contributed by atoms with Gasteiger partial charge in [0.25, 0.3) is 0 Å². The molecule has 0 aromatic heterocycles. The van der Waals surface area contributed by atoms with E-state index in [2.05, 4.69) is 110 Å². The van der Waals surface area contributed by atoms with E-state index in [1.54, 1.807) is 0 Å². The second-order valence-electron chi connectivity index (χ2n) is 8.54. The Hall–Kier alpha value is -3.26. The number of benzene rings is 2. The molecule has 0 radical (unpaired) electrons. The SMILES string of the molecule is Bc1cccc(N(C2=CC=C(C3=CC(/C=C/CCC=C)=CCC3)CC2)c2ccccc2)c1. The summed E-state index contributed by atoms with van der Waals surface area (Å²) in [5.74, 6) is 0. The van der Waals surface area contributed by atoms with Gasteiger partial charge in [-0.1, -0.05) is 72.3 Å². The van der Waals surface area contributed by atoms with E-state index in [1.807, 2.05) is 6.08 Å². The Kier molecular flexibility index (Phi) is 7.45. The van der Waals surface area contributed by atoms with Crippen LogP contribution in [-0.4, -0.2) is 7.85 Å². The first kappa shape index (κ1) is 22.0. The standard InChI is InChI=1S/C30H32BN/c1-2-3-4-6-11-24-12-9-13-26(22-24)25-18-20-29(21-19-25)32(28-15-7-5-8-16-28)30-17-10-14-27(31)23-30/h2,5-8,10-12,14-18,20,22-23H,1,3-4,9,13,19,21,31H2/b11-6+. The van der Waals surface area contributed by atoms with E-state index in [-0.39, 0.29) is 0 Å². The molecule has 32 heavy (non-hydrogen) atoms. The minimum absolute atomic E-state index is 1.04. The Bertz CT molecular complexity index is 1100. The number of allylic oxidation sites excluding steroid dienone is 11. The highest BCUT2D eigenvalue weighted by Crippen LogP contribution is 2.36. The number of anilines is 2. The maximum absolute atomic E-state index is 3.80. The highest BCUT2D eigenvalue weighted by atomic mass is 15.1. The molecular formula is C30H32BN. The lowest BCUT2D eigenvalue weighted by atomic mass is 9.88. The summed E-state index contributed by atoms with van der Waals surface area (Å²) < 4.78 is 0. The number of para-hydroxylation sites is 1. The van der Waals surface area contributed by atoms with E-state index in [0.717, 1.165) is 38.5 Å². The summed E-state index contributed by atoms with van der Waals surface area (Å²) in [7, 11) is 2.16. The Labute approximate surface area is 194 Å². The molecule has 2 heteroatoms. The summed E-state index contributed by atoms with van der Waals surface area (Å²) in [5.41, 5.74) is 9.39. The van der Waals surface area contributed by atoms with Gasteiger partial charge in [0.2, 0.25) is 0 Å². The molecule has 0 amide bonds. The monoisotopic (exact) mass is 417 g/mol. The number of hydrogen-bond acceptors (Lipinski definition) is 1. The summed E-state index contributed by atoms with van der Waals surface area (Å²) in [6.45, 7) is 3.80. The lowest BCUT2D eigenvalue weighted by Crippen LogP contribution is -2.19. The van der Waals surface area contributed by atoms with Gasteiger partial charge in [-0.3, -0.25) is 0 Å². The van der Waals surface area contributed by atoms with Crippen molar-refractivity contribution in [2.45, 2.75) is 38.5 Å². The van der Waals surface area contributed by atoms with Crippen LogP contribution in [0, 0.1) is 0 Å². The van der Waals surface area contributed by atoms with Crippen LogP contribution in [0.3, 0.4) is 0 Å². The average molecular weight is 417 g/mol. The summed E-state index contributed by atoms with van der Waals surface area (Å²) in [6.07, 6.45) is 22.4. The average Bonchev–Trinajstić information content (AvgIpc) is 2.84. The fourth-order valence-corrected chi connectivity index (χ4v) is 4.43. The molecule has 2 aliphatic carbocycles. The van der Waals surface area contributed by atoms with Gasteiger partial charge in [0.05, 0.1) is 0 Å². The minimum atomic E-state index is 1.04. The summed E-state index contributed by atoms with van der Waals surface area (Å²) in [5, 5.41) is 0. The smallest absolute Gasteiger partial charge is 0.139 e. The molecule has 0 heterocycles. The second-order valence-corrected chi connectivity index (χ2v) is 8.54. The van der Waals surface area contributed by atoms with Crippen molar-refractivity contribution < 1.29 is 0 Å². The molecule has 0 saturated heterocycles. The molecule has 160 valence electrons. The molecule has 0 fully saturated rings. The van der Waals surface area contributed by atoms with Crippen LogP contribution in [0.4, 0.5) is 11.4 Å². The molecule has 0 N–H and O–H groups in total. The van der Waals surface area contributed by atoms with E-state index in [9.17, 15) is 0 Å². The third-order valence-electron chi connectivity index (χ3n) is 6.08. The highest BCUT2D eigenvalue weighted by Gasteiger charge is 2.19. The van der Waals surface area contributed by atoms with E-state index in [0.29, 0.717) is 0 Å². The van der Waals surface area contributed by atoms with Crippen LogP contribution < -0.4 is 10.4 Å². The molecule has 0 aliphatic heterocycles. The van der Waals surface area contributed by atoms with Crippen LogP contribution in [0.25, 0.3) is 0 Å². The van der Waals surface area contributed by atoms with Gasteiger partial charge in [-0.15, -0.1) is 6.58 Å². The largest absolute Gasteiger partial charge is 0.314 e. The van der Waals surface area contributed by atoms with Crippen molar-refractivity contribution in [2.24, 2.45) is 0 Å². The molecule has 1 nitrogen and oxygen atoms in total. The Balaban J connectivity index is 1.59. The Morgan fingerprint density at radius 2 is 1.72 bits per heavy atom. The Morgan fingerprint density at radius 1 is 0.875 bits per heavy atom. The third-order valence-corrected chi connectivity index (χ3v) is 6.08. The quantitative estimate of drug-likeness (QED) is 0.258.